The molecule has 5 nitrogen and oxygen atoms in total. The second kappa shape index (κ2) is 8.45. The highest BCUT2D eigenvalue weighted by molar-refractivity contribution is 6.01. The molecule has 0 atom stereocenters. The molecule has 1 aliphatic rings. The third kappa shape index (κ3) is 5.68. The first-order valence-electron chi connectivity index (χ1n) is 6.86. The summed E-state index contributed by atoms with van der Waals surface area (Å²) in [5.74, 6) is -1.39. The molecule has 0 saturated carbocycles. The summed E-state index contributed by atoms with van der Waals surface area (Å²) in [6.45, 7) is 2.14. The van der Waals surface area contributed by atoms with Crippen molar-refractivity contribution in [3.63, 3.8) is 0 Å². The van der Waals surface area contributed by atoms with E-state index in [2.05, 4.69) is 19.1 Å². The van der Waals surface area contributed by atoms with E-state index in [-0.39, 0.29) is 19.3 Å². The van der Waals surface area contributed by atoms with Gasteiger partial charge in [0.2, 0.25) is 0 Å². The van der Waals surface area contributed by atoms with Crippen LogP contribution in [0.5, 0.6) is 0 Å². The number of imide groups is 1. The van der Waals surface area contributed by atoms with Crippen LogP contribution in [0.3, 0.4) is 0 Å². The Morgan fingerprint density at radius 2 is 1.74 bits per heavy atom. The number of nitrogens with zero attached hydrogens (tertiary/aromatic N) is 1. The van der Waals surface area contributed by atoms with Crippen LogP contribution >= 0.6 is 0 Å². The lowest BCUT2D eigenvalue weighted by atomic mass is 10.2. The fraction of sp³-hybridized carbons (Fsp3) is 0.643. The molecule has 0 aromatic carbocycles. The van der Waals surface area contributed by atoms with Gasteiger partial charge in [-0.3, -0.25) is 9.59 Å². The Kier molecular flexibility index (Phi) is 6.85. The fourth-order valence-corrected chi connectivity index (χ4v) is 1.73. The van der Waals surface area contributed by atoms with Crippen molar-refractivity contribution in [2.24, 2.45) is 0 Å². The monoisotopic (exact) mass is 267 g/mol. The zero-order valence-electron chi connectivity index (χ0n) is 11.4. The van der Waals surface area contributed by atoms with Gasteiger partial charge >= 0.3 is 5.97 Å². The predicted molar refractivity (Wildman–Crippen MR) is 69.7 cm³/mol. The topological polar surface area (TPSA) is 63.7 Å². The number of hydrogen-bond acceptors (Lipinski definition) is 4. The van der Waals surface area contributed by atoms with Crippen LogP contribution in [0.15, 0.2) is 12.2 Å². The summed E-state index contributed by atoms with van der Waals surface area (Å²) in [4.78, 5) is 38.6. The molecule has 0 spiro atoms. The van der Waals surface area contributed by atoms with Gasteiger partial charge in [-0.15, -0.1) is 5.06 Å². The average Bonchev–Trinajstić information content (AvgIpc) is 2.69. The summed E-state index contributed by atoms with van der Waals surface area (Å²) >= 11 is 0. The Morgan fingerprint density at radius 1 is 1.16 bits per heavy atom. The predicted octanol–water partition coefficient (Wildman–Crippen LogP) is 2.51. The quantitative estimate of drug-likeness (QED) is 0.385. The molecule has 106 valence electrons. The maximum Gasteiger partial charge on any atom is 0.333 e. The summed E-state index contributed by atoms with van der Waals surface area (Å²) in [6, 6.07) is 0. The number of amides is 2. The van der Waals surface area contributed by atoms with Gasteiger partial charge in [0.05, 0.1) is 0 Å². The van der Waals surface area contributed by atoms with Crippen LogP contribution in [0.4, 0.5) is 0 Å². The van der Waals surface area contributed by atoms with Crippen LogP contribution in [0.25, 0.3) is 0 Å². The van der Waals surface area contributed by atoms with Crippen molar-refractivity contribution < 1.29 is 19.2 Å². The fourth-order valence-electron chi connectivity index (χ4n) is 1.73. The van der Waals surface area contributed by atoms with Gasteiger partial charge in [0.1, 0.15) is 0 Å². The van der Waals surface area contributed by atoms with Gasteiger partial charge in [-0.1, -0.05) is 31.9 Å². The van der Waals surface area contributed by atoms with E-state index in [4.69, 9.17) is 4.84 Å². The van der Waals surface area contributed by atoms with Crippen LogP contribution in [-0.2, 0) is 19.2 Å². The summed E-state index contributed by atoms with van der Waals surface area (Å²) < 4.78 is 0. The number of carbonyl (C=O) groups excluding carboxylic acids is 3. The van der Waals surface area contributed by atoms with E-state index < -0.39 is 17.8 Å². The van der Waals surface area contributed by atoms with Gasteiger partial charge in [0.15, 0.2) is 0 Å². The van der Waals surface area contributed by atoms with E-state index in [1.807, 2.05) is 0 Å². The van der Waals surface area contributed by atoms with E-state index in [0.717, 1.165) is 12.8 Å². The molecule has 1 heterocycles. The van der Waals surface area contributed by atoms with Crippen LogP contribution in [0.1, 0.15) is 58.3 Å². The lowest BCUT2D eigenvalue weighted by Gasteiger charge is -2.11. The molecule has 5 heteroatoms. The molecule has 1 fully saturated rings. The number of hydroxylamine groups is 2. The smallest absolute Gasteiger partial charge is 0.330 e. The highest BCUT2D eigenvalue weighted by Gasteiger charge is 2.32. The summed E-state index contributed by atoms with van der Waals surface area (Å²) in [7, 11) is 0. The Bertz CT molecular complexity index is 346. The van der Waals surface area contributed by atoms with Gasteiger partial charge in [0, 0.05) is 19.3 Å². The second-order valence-corrected chi connectivity index (χ2v) is 4.55. The molecule has 0 aromatic heterocycles. The largest absolute Gasteiger partial charge is 0.333 e. The molecule has 0 radical (unpaired) electrons. The molecule has 0 aromatic rings. The number of rotatable bonds is 8. The minimum atomic E-state index is -0.523. The third-order valence-corrected chi connectivity index (χ3v) is 2.84. The maximum atomic E-state index is 11.4. The Labute approximate surface area is 113 Å². The van der Waals surface area contributed by atoms with Gasteiger partial charge in [-0.2, -0.15) is 0 Å². The molecule has 1 aliphatic heterocycles. The van der Waals surface area contributed by atoms with Crippen molar-refractivity contribution in [3.05, 3.63) is 12.2 Å². The Hall–Kier alpha value is -1.65. The molecule has 1 saturated heterocycles. The standard InChI is InChI=1S/C14H21NO4/c1-2-3-4-5-6-7-8-9-14(18)19-15-12(16)10-11-13(15)17/h5-6H,2-4,7-11H2,1H3/b6-5+. The lowest BCUT2D eigenvalue weighted by molar-refractivity contribution is -0.197. The minimum Gasteiger partial charge on any atom is -0.330 e. The van der Waals surface area contributed by atoms with Crippen molar-refractivity contribution in [2.75, 3.05) is 0 Å². The van der Waals surface area contributed by atoms with E-state index in [1.165, 1.54) is 12.8 Å². The second-order valence-electron chi connectivity index (χ2n) is 4.55. The van der Waals surface area contributed by atoms with Crippen LogP contribution in [0, 0.1) is 0 Å². The summed E-state index contributed by atoms with van der Waals surface area (Å²) in [5, 5.41) is 0.597. The average molecular weight is 267 g/mol. The molecular formula is C14H21NO4. The highest BCUT2D eigenvalue weighted by Crippen LogP contribution is 2.13. The first kappa shape index (κ1) is 15.4. The number of carbonyl (C=O) groups is 3. The van der Waals surface area contributed by atoms with E-state index in [0.29, 0.717) is 11.5 Å². The molecule has 19 heavy (non-hydrogen) atoms. The van der Waals surface area contributed by atoms with Gasteiger partial charge in [-0.25, -0.2) is 4.79 Å². The van der Waals surface area contributed by atoms with Gasteiger partial charge in [0.25, 0.3) is 11.8 Å². The maximum absolute atomic E-state index is 11.4. The van der Waals surface area contributed by atoms with Crippen molar-refractivity contribution in [2.45, 2.75) is 58.3 Å². The number of allylic oxidation sites excluding steroid dienone is 2. The molecule has 0 N–H and O–H groups in total. The van der Waals surface area contributed by atoms with E-state index in [9.17, 15) is 14.4 Å². The highest BCUT2D eigenvalue weighted by atomic mass is 16.7. The van der Waals surface area contributed by atoms with Crippen molar-refractivity contribution in [3.8, 4) is 0 Å². The van der Waals surface area contributed by atoms with E-state index >= 15 is 0 Å². The lowest BCUT2D eigenvalue weighted by Crippen LogP contribution is -2.31. The molecule has 2 amide bonds. The van der Waals surface area contributed by atoms with Crippen LogP contribution in [0.2, 0.25) is 0 Å². The third-order valence-electron chi connectivity index (χ3n) is 2.84. The molecule has 0 bridgehead atoms. The molecule has 0 unspecified atom stereocenters. The summed E-state index contributed by atoms with van der Waals surface area (Å²) in [6.07, 6.45) is 9.54. The van der Waals surface area contributed by atoms with Crippen LogP contribution in [-0.4, -0.2) is 22.8 Å². The number of hydrogen-bond donors (Lipinski definition) is 0. The van der Waals surface area contributed by atoms with Crippen molar-refractivity contribution in [1.29, 1.82) is 0 Å². The summed E-state index contributed by atoms with van der Waals surface area (Å²) in [5.41, 5.74) is 0. The first-order chi connectivity index (χ1) is 9.15. The zero-order chi connectivity index (χ0) is 14.1. The van der Waals surface area contributed by atoms with Crippen molar-refractivity contribution in [1.82, 2.24) is 5.06 Å². The minimum absolute atomic E-state index is 0.131. The normalized spacial score (nSPS) is 15.5. The zero-order valence-corrected chi connectivity index (χ0v) is 11.4. The molecule has 1 rings (SSSR count). The SMILES string of the molecule is CCCC/C=C/CCCC(=O)ON1C(=O)CCC1=O. The van der Waals surface area contributed by atoms with Gasteiger partial charge in [-0.05, 0) is 19.3 Å². The Balaban J connectivity index is 2.13. The number of unbranched alkanes of at least 4 members (excludes halogenated alkanes) is 3. The van der Waals surface area contributed by atoms with Crippen molar-refractivity contribution >= 4 is 17.8 Å². The Morgan fingerprint density at radius 3 is 2.32 bits per heavy atom. The molecular weight excluding hydrogens is 246 g/mol. The molecule has 0 aliphatic carbocycles. The van der Waals surface area contributed by atoms with Gasteiger partial charge < -0.3 is 4.84 Å². The first-order valence-corrected chi connectivity index (χ1v) is 6.86. The van der Waals surface area contributed by atoms with Crippen LogP contribution < -0.4 is 0 Å². The van der Waals surface area contributed by atoms with E-state index in [1.54, 1.807) is 0 Å².